The molecule has 1 saturated heterocycles. The minimum Gasteiger partial charge on any atom is -0.350 e. The highest BCUT2D eigenvalue weighted by Gasteiger charge is 2.52. The second-order valence-electron chi connectivity index (χ2n) is 6.86. The second-order valence-corrected chi connectivity index (χ2v) is 6.86. The average Bonchev–Trinajstić information content (AvgIpc) is 2.91. The molecule has 10 heteroatoms. The summed E-state index contributed by atoms with van der Waals surface area (Å²) in [6.07, 6.45) is -4.74. The number of carbonyl (C=O) groups excluding carboxylic acids is 3. The minimum atomic E-state index is -4.74. The first kappa shape index (κ1) is 21.3. The molecule has 2 N–H and O–H groups in total. The molecule has 0 radical (unpaired) electrons. The van der Waals surface area contributed by atoms with Crippen LogP contribution in [-0.4, -0.2) is 29.3 Å². The number of rotatable bonds is 5. The molecule has 6 nitrogen and oxygen atoms in total. The summed E-state index contributed by atoms with van der Waals surface area (Å²) in [6, 6.07) is 9.12. The third-order valence-corrected chi connectivity index (χ3v) is 4.78. The number of alkyl halides is 3. The third kappa shape index (κ3) is 3.98. The number of amides is 4. The predicted octanol–water partition coefficient (Wildman–Crippen LogP) is 2.93. The van der Waals surface area contributed by atoms with Gasteiger partial charge in [-0.15, -0.1) is 0 Å². The second kappa shape index (κ2) is 7.77. The maximum atomic E-state index is 13.6. The lowest BCUT2D eigenvalue weighted by Gasteiger charge is -2.25. The Balaban J connectivity index is 1.77. The van der Waals surface area contributed by atoms with Gasteiger partial charge >= 0.3 is 12.2 Å². The Labute approximate surface area is 168 Å². The Hall–Kier alpha value is -3.43. The van der Waals surface area contributed by atoms with Gasteiger partial charge in [-0.05, 0) is 24.6 Å². The molecule has 0 spiro atoms. The van der Waals surface area contributed by atoms with Crippen LogP contribution in [0.4, 0.5) is 22.4 Å². The van der Waals surface area contributed by atoms with Gasteiger partial charge in [0.05, 0.1) is 5.56 Å². The van der Waals surface area contributed by atoms with Crippen LogP contribution in [0, 0.1) is 5.82 Å². The van der Waals surface area contributed by atoms with Crippen LogP contribution in [0.1, 0.15) is 23.6 Å². The number of carbonyl (C=O) groups is 3. The van der Waals surface area contributed by atoms with Gasteiger partial charge in [-0.25, -0.2) is 9.18 Å². The molecule has 1 heterocycles. The molecule has 2 aromatic carbocycles. The van der Waals surface area contributed by atoms with E-state index in [-0.39, 0.29) is 12.1 Å². The van der Waals surface area contributed by atoms with E-state index < -0.39 is 53.0 Å². The van der Waals surface area contributed by atoms with Gasteiger partial charge in [0.15, 0.2) is 0 Å². The van der Waals surface area contributed by atoms with Crippen LogP contribution in [0.15, 0.2) is 48.5 Å². The van der Waals surface area contributed by atoms with Crippen molar-refractivity contribution in [1.29, 1.82) is 0 Å². The molecule has 1 aliphatic heterocycles. The van der Waals surface area contributed by atoms with Crippen molar-refractivity contribution in [1.82, 2.24) is 15.5 Å². The Bertz CT molecular complexity index is 1010. The van der Waals surface area contributed by atoms with E-state index in [0.29, 0.717) is 4.90 Å². The van der Waals surface area contributed by atoms with E-state index in [0.717, 1.165) is 19.1 Å². The molecule has 1 fully saturated rings. The molecule has 4 amide bonds. The molecule has 0 unspecified atom stereocenters. The average molecular weight is 423 g/mol. The van der Waals surface area contributed by atoms with Crippen molar-refractivity contribution in [2.24, 2.45) is 0 Å². The summed E-state index contributed by atoms with van der Waals surface area (Å²) in [4.78, 5) is 37.8. The van der Waals surface area contributed by atoms with Crippen molar-refractivity contribution in [3.05, 3.63) is 71.0 Å². The molecule has 1 atom stereocenters. The summed E-state index contributed by atoms with van der Waals surface area (Å²) in [7, 11) is 0. The fourth-order valence-electron chi connectivity index (χ4n) is 3.22. The lowest BCUT2D eigenvalue weighted by atomic mass is 9.87. The summed E-state index contributed by atoms with van der Waals surface area (Å²) in [6.45, 7) is 0.251. The van der Waals surface area contributed by atoms with Crippen LogP contribution in [-0.2, 0) is 27.8 Å². The van der Waals surface area contributed by atoms with Crippen molar-refractivity contribution >= 4 is 17.8 Å². The lowest BCUT2D eigenvalue weighted by molar-refractivity contribution is -0.140. The number of urea groups is 1. The van der Waals surface area contributed by atoms with Gasteiger partial charge in [0.2, 0.25) is 5.91 Å². The number of imide groups is 1. The maximum Gasteiger partial charge on any atom is 0.416 e. The molecule has 2 aromatic rings. The predicted molar refractivity (Wildman–Crippen MR) is 97.3 cm³/mol. The molecule has 3 rings (SSSR count). The standard InChI is InChI=1S/C20H17F4N3O3/c1-19(13-7-3-4-8-14(13)20(22,23)24)17(29)27(18(30)26-19)11-16(28)25-10-12-6-2-5-9-15(12)21/h2-9H,10-11H2,1H3,(H,25,28)(H,26,30)/t19-/m0/s1. The minimum absolute atomic E-state index is 0.177. The fourth-order valence-corrected chi connectivity index (χ4v) is 3.22. The first-order chi connectivity index (χ1) is 14.0. The fraction of sp³-hybridized carbons (Fsp3) is 0.250. The van der Waals surface area contributed by atoms with Crippen molar-refractivity contribution in [3.8, 4) is 0 Å². The van der Waals surface area contributed by atoms with Gasteiger partial charge in [0, 0.05) is 12.1 Å². The Kier molecular flexibility index (Phi) is 5.51. The van der Waals surface area contributed by atoms with E-state index in [2.05, 4.69) is 10.6 Å². The quantitative estimate of drug-likeness (QED) is 0.574. The van der Waals surface area contributed by atoms with Crippen molar-refractivity contribution in [2.75, 3.05) is 6.54 Å². The molecule has 1 aliphatic rings. The SMILES string of the molecule is C[C@@]1(c2ccccc2C(F)(F)F)NC(=O)N(CC(=O)NCc2ccccc2F)C1=O. The number of halogens is 4. The summed E-state index contributed by atoms with van der Waals surface area (Å²) in [5, 5.41) is 4.62. The molecular weight excluding hydrogens is 406 g/mol. The summed E-state index contributed by atoms with van der Waals surface area (Å²) >= 11 is 0. The summed E-state index contributed by atoms with van der Waals surface area (Å²) < 4.78 is 53.7. The monoisotopic (exact) mass is 423 g/mol. The van der Waals surface area contributed by atoms with Crippen molar-refractivity contribution in [3.63, 3.8) is 0 Å². The normalized spacial score (nSPS) is 19.0. The van der Waals surface area contributed by atoms with E-state index >= 15 is 0 Å². The highest BCUT2D eigenvalue weighted by atomic mass is 19.4. The lowest BCUT2D eigenvalue weighted by Crippen LogP contribution is -2.44. The molecule has 0 aromatic heterocycles. The molecule has 30 heavy (non-hydrogen) atoms. The van der Waals surface area contributed by atoms with Crippen LogP contribution < -0.4 is 10.6 Å². The highest BCUT2D eigenvalue weighted by molar-refractivity contribution is 6.09. The zero-order chi connectivity index (χ0) is 22.1. The molecule has 158 valence electrons. The maximum absolute atomic E-state index is 13.6. The van der Waals surface area contributed by atoms with Gasteiger partial charge < -0.3 is 10.6 Å². The van der Waals surface area contributed by atoms with Crippen molar-refractivity contribution < 1.29 is 31.9 Å². The summed E-state index contributed by atoms with van der Waals surface area (Å²) in [5.41, 5.74) is -3.28. The third-order valence-electron chi connectivity index (χ3n) is 4.78. The molecule has 0 aliphatic carbocycles. The Morgan fingerprint density at radius 2 is 1.73 bits per heavy atom. The van der Waals surface area contributed by atoms with E-state index in [9.17, 15) is 31.9 Å². The van der Waals surface area contributed by atoms with Gasteiger partial charge in [0.1, 0.15) is 17.9 Å². The molecular formula is C20H17F4N3O3. The van der Waals surface area contributed by atoms with Crippen LogP contribution in [0.3, 0.4) is 0 Å². The number of hydrogen-bond acceptors (Lipinski definition) is 3. The van der Waals surface area contributed by atoms with Crippen LogP contribution in [0.5, 0.6) is 0 Å². The number of benzene rings is 2. The van der Waals surface area contributed by atoms with Gasteiger partial charge in [0.25, 0.3) is 5.91 Å². The topological polar surface area (TPSA) is 78.5 Å². The Morgan fingerprint density at radius 3 is 2.40 bits per heavy atom. The van der Waals surface area contributed by atoms with Gasteiger partial charge in [-0.2, -0.15) is 13.2 Å². The molecule has 0 saturated carbocycles. The van der Waals surface area contributed by atoms with Crippen LogP contribution in [0.25, 0.3) is 0 Å². The zero-order valence-corrected chi connectivity index (χ0v) is 15.7. The van der Waals surface area contributed by atoms with Crippen molar-refractivity contribution in [2.45, 2.75) is 25.2 Å². The summed E-state index contributed by atoms with van der Waals surface area (Å²) in [5.74, 6) is -2.30. The smallest absolute Gasteiger partial charge is 0.350 e. The first-order valence-corrected chi connectivity index (χ1v) is 8.85. The number of hydrogen-bond donors (Lipinski definition) is 2. The highest BCUT2D eigenvalue weighted by Crippen LogP contribution is 2.39. The first-order valence-electron chi connectivity index (χ1n) is 8.85. The van der Waals surface area contributed by atoms with Gasteiger partial charge in [-0.3, -0.25) is 14.5 Å². The van der Waals surface area contributed by atoms with E-state index in [1.165, 1.54) is 30.3 Å². The van der Waals surface area contributed by atoms with Crippen LogP contribution in [0.2, 0.25) is 0 Å². The van der Waals surface area contributed by atoms with Gasteiger partial charge in [-0.1, -0.05) is 36.4 Å². The molecule has 0 bridgehead atoms. The largest absolute Gasteiger partial charge is 0.416 e. The number of nitrogens with one attached hydrogen (secondary N) is 2. The van der Waals surface area contributed by atoms with Crippen LogP contribution >= 0.6 is 0 Å². The van der Waals surface area contributed by atoms with E-state index in [4.69, 9.17) is 0 Å². The zero-order valence-electron chi connectivity index (χ0n) is 15.7. The Morgan fingerprint density at radius 1 is 1.10 bits per heavy atom. The van der Waals surface area contributed by atoms with E-state index in [1.807, 2.05) is 0 Å². The number of nitrogens with zero attached hydrogens (tertiary/aromatic N) is 1. The van der Waals surface area contributed by atoms with E-state index in [1.54, 1.807) is 6.07 Å².